The molecular weight excluding hydrogens is 406 g/mol. The predicted molar refractivity (Wildman–Crippen MR) is 120 cm³/mol. The number of para-hydroxylation sites is 1. The largest absolute Gasteiger partial charge is 0.465 e. The molecule has 0 aliphatic carbocycles. The summed E-state index contributed by atoms with van der Waals surface area (Å²) in [6.07, 6.45) is 0. The fraction of sp³-hybridized carbons (Fsp3) is 0.115. The third kappa shape index (κ3) is 3.00. The second-order valence-corrected chi connectivity index (χ2v) is 7.70. The van der Waals surface area contributed by atoms with Crippen LogP contribution in [0.2, 0.25) is 0 Å². The molecule has 0 N–H and O–H groups in total. The minimum absolute atomic E-state index is 0.0391. The first-order valence-electron chi connectivity index (χ1n) is 10.1. The van der Waals surface area contributed by atoms with Crippen molar-refractivity contribution in [2.24, 2.45) is 0 Å². The Hall–Kier alpha value is -4.19. The number of methoxy groups -OCH3 is 1. The molecule has 0 radical (unpaired) electrons. The summed E-state index contributed by atoms with van der Waals surface area (Å²) >= 11 is 0. The van der Waals surface area contributed by atoms with Gasteiger partial charge in [0.25, 0.3) is 5.91 Å². The molecule has 2 heterocycles. The van der Waals surface area contributed by atoms with Crippen molar-refractivity contribution < 1.29 is 18.7 Å². The molecule has 1 atom stereocenters. The Morgan fingerprint density at radius 3 is 2.44 bits per heavy atom. The number of nitrogens with zero attached hydrogens (tertiary/aromatic N) is 1. The Morgan fingerprint density at radius 1 is 0.969 bits per heavy atom. The molecule has 6 heteroatoms. The van der Waals surface area contributed by atoms with Crippen molar-refractivity contribution in [3.8, 4) is 0 Å². The molecule has 0 bridgehead atoms. The van der Waals surface area contributed by atoms with E-state index in [1.165, 1.54) is 7.11 Å². The van der Waals surface area contributed by atoms with E-state index in [0.717, 1.165) is 5.56 Å². The number of amides is 1. The molecule has 0 saturated heterocycles. The van der Waals surface area contributed by atoms with Crippen LogP contribution in [0, 0.1) is 6.92 Å². The van der Waals surface area contributed by atoms with Gasteiger partial charge in [0.1, 0.15) is 5.58 Å². The topological polar surface area (TPSA) is 76.8 Å². The smallest absolute Gasteiger partial charge is 0.337 e. The fourth-order valence-electron chi connectivity index (χ4n) is 4.20. The van der Waals surface area contributed by atoms with Crippen molar-refractivity contribution in [3.63, 3.8) is 0 Å². The fourth-order valence-corrected chi connectivity index (χ4v) is 4.20. The summed E-state index contributed by atoms with van der Waals surface area (Å²) in [5.74, 6) is -0.798. The number of esters is 1. The zero-order valence-electron chi connectivity index (χ0n) is 17.5. The van der Waals surface area contributed by atoms with Gasteiger partial charge in [-0.2, -0.15) is 0 Å². The van der Waals surface area contributed by atoms with Gasteiger partial charge in [0.15, 0.2) is 5.43 Å². The second-order valence-electron chi connectivity index (χ2n) is 7.70. The maximum absolute atomic E-state index is 13.5. The van der Waals surface area contributed by atoms with Gasteiger partial charge in [-0.1, -0.05) is 36.4 Å². The van der Waals surface area contributed by atoms with E-state index in [-0.39, 0.29) is 17.1 Å². The van der Waals surface area contributed by atoms with Crippen LogP contribution in [-0.4, -0.2) is 19.0 Å². The number of hydrogen-bond acceptors (Lipinski definition) is 5. The first kappa shape index (κ1) is 19.8. The first-order valence-corrected chi connectivity index (χ1v) is 10.1. The molecule has 0 saturated carbocycles. The normalized spacial score (nSPS) is 15.1. The van der Waals surface area contributed by atoms with Crippen LogP contribution >= 0.6 is 0 Å². The van der Waals surface area contributed by atoms with E-state index >= 15 is 0 Å². The molecule has 5 rings (SSSR count). The Kier molecular flexibility index (Phi) is 4.63. The van der Waals surface area contributed by atoms with Crippen LogP contribution in [-0.2, 0) is 4.74 Å². The lowest BCUT2D eigenvalue weighted by Crippen LogP contribution is -2.29. The molecule has 1 unspecified atom stereocenters. The van der Waals surface area contributed by atoms with Crippen molar-refractivity contribution in [2.45, 2.75) is 13.0 Å². The van der Waals surface area contributed by atoms with Crippen molar-refractivity contribution in [2.75, 3.05) is 12.0 Å². The number of carbonyl (C=O) groups is 2. The molecule has 32 heavy (non-hydrogen) atoms. The van der Waals surface area contributed by atoms with Crippen LogP contribution in [0.5, 0.6) is 0 Å². The highest BCUT2D eigenvalue weighted by Crippen LogP contribution is 2.41. The monoisotopic (exact) mass is 425 g/mol. The molecule has 1 aliphatic heterocycles. The number of hydrogen-bond donors (Lipinski definition) is 0. The summed E-state index contributed by atoms with van der Waals surface area (Å²) < 4.78 is 10.7. The van der Waals surface area contributed by atoms with Crippen molar-refractivity contribution in [3.05, 3.63) is 111 Å². The number of rotatable bonds is 3. The first-order chi connectivity index (χ1) is 15.5. The molecule has 158 valence electrons. The Balaban J connectivity index is 1.76. The Morgan fingerprint density at radius 2 is 1.72 bits per heavy atom. The average Bonchev–Trinajstić information content (AvgIpc) is 3.11. The van der Waals surface area contributed by atoms with Gasteiger partial charge in [-0.05, 0) is 54.4 Å². The van der Waals surface area contributed by atoms with E-state index in [9.17, 15) is 14.4 Å². The van der Waals surface area contributed by atoms with Crippen LogP contribution in [0.4, 0.5) is 5.69 Å². The van der Waals surface area contributed by atoms with Crippen LogP contribution in [0.15, 0.2) is 82.0 Å². The number of carbonyl (C=O) groups excluding carboxylic acids is 2. The highest BCUT2D eigenvalue weighted by atomic mass is 16.5. The highest BCUT2D eigenvalue weighted by molar-refractivity contribution is 6.10. The predicted octanol–water partition coefficient (Wildman–Crippen LogP) is 4.64. The molecule has 0 fully saturated rings. The molecule has 1 aliphatic rings. The van der Waals surface area contributed by atoms with Gasteiger partial charge in [0.2, 0.25) is 5.76 Å². The van der Waals surface area contributed by atoms with Gasteiger partial charge in [-0.3, -0.25) is 14.5 Å². The summed E-state index contributed by atoms with van der Waals surface area (Å²) in [5, 5.41) is 0.418. The van der Waals surface area contributed by atoms with Crippen LogP contribution < -0.4 is 10.3 Å². The number of aryl methyl sites for hydroxylation is 1. The Bertz CT molecular complexity index is 1440. The summed E-state index contributed by atoms with van der Waals surface area (Å²) in [4.78, 5) is 40.5. The maximum Gasteiger partial charge on any atom is 0.337 e. The summed E-state index contributed by atoms with van der Waals surface area (Å²) in [7, 11) is 1.32. The van der Waals surface area contributed by atoms with E-state index in [2.05, 4.69) is 0 Å². The zero-order valence-corrected chi connectivity index (χ0v) is 17.5. The van der Waals surface area contributed by atoms with Gasteiger partial charge in [-0.25, -0.2) is 4.79 Å². The number of anilines is 1. The molecule has 1 amide bonds. The van der Waals surface area contributed by atoms with Gasteiger partial charge < -0.3 is 9.15 Å². The van der Waals surface area contributed by atoms with Gasteiger partial charge in [0, 0.05) is 5.69 Å². The van der Waals surface area contributed by atoms with Gasteiger partial charge in [-0.15, -0.1) is 0 Å². The quantitative estimate of drug-likeness (QED) is 0.447. The summed E-state index contributed by atoms with van der Waals surface area (Å²) in [6, 6.07) is 20.5. The second kappa shape index (κ2) is 7.50. The zero-order chi connectivity index (χ0) is 22.4. The number of ether oxygens (including phenoxy) is 1. The van der Waals surface area contributed by atoms with Crippen LogP contribution in [0.3, 0.4) is 0 Å². The van der Waals surface area contributed by atoms with E-state index in [4.69, 9.17) is 9.15 Å². The molecule has 0 spiro atoms. The lowest BCUT2D eigenvalue weighted by molar-refractivity contribution is 0.0600. The Labute approximate surface area is 183 Å². The average molecular weight is 425 g/mol. The number of fused-ring (bicyclic) bond motifs is 2. The third-order valence-electron chi connectivity index (χ3n) is 5.70. The van der Waals surface area contributed by atoms with E-state index < -0.39 is 12.0 Å². The van der Waals surface area contributed by atoms with Crippen molar-refractivity contribution in [1.82, 2.24) is 0 Å². The molecule has 1 aromatic heterocycles. The van der Waals surface area contributed by atoms with Crippen molar-refractivity contribution in [1.29, 1.82) is 0 Å². The van der Waals surface area contributed by atoms with Gasteiger partial charge >= 0.3 is 5.97 Å². The van der Waals surface area contributed by atoms with Crippen molar-refractivity contribution >= 4 is 28.5 Å². The van der Waals surface area contributed by atoms with Crippen LogP contribution in [0.1, 0.15) is 43.6 Å². The SMILES string of the molecule is COC(=O)c1ccc(C2c3c(oc4ccccc4c3=O)C(=O)N2c2cccc(C)c2)cc1. The summed E-state index contributed by atoms with van der Waals surface area (Å²) in [5.41, 5.74) is 3.13. The van der Waals surface area contributed by atoms with E-state index in [1.54, 1.807) is 53.4 Å². The minimum Gasteiger partial charge on any atom is -0.465 e. The molecular formula is C26H19NO5. The highest BCUT2D eigenvalue weighted by Gasteiger charge is 2.43. The van der Waals surface area contributed by atoms with Crippen LogP contribution in [0.25, 0.3) is 11.0 Å². The lowest BCUT2D eigenvalue weighted by atomic mass is 9.97. The lowest BCUT2D eigenvalue weighted by Gasteiger charge is -2.25. The molecule has 6 nitrogen and oxygen atoms in total. The summed E-state index contributed by atoms with van der Waals surface area (Å²) in [6.45, 7) is 1.94. The molecule has 4 aromatic rings. The third-order valence-corrected chi connectivity index (χ3v) is 5.70. The standard InChI is InChI=1S/C26H19NO5/c1-15-6-5-7-18(14-15)27-22(16-10-12-17(13-11-16)26(30)31-2)21-23(28)19-8-3-4-9-20(19)32-24(21)25(27)29/h3-14,22H,1-2H3. The van der Waals surface area contributed by atoms with Gasteiger partial charge in [0.05, 0.1) is 29.7 Å². The number of benzene rings is 3. The van der Waals surface area contributed by atoms with E-state index in [0.29, 0.717) is 33.3 Å². The van der Waals surface area contributed by atoms with E-state index in [1.807, 2.05) is 31.2 Å². The maximum atomic E-state index is 13.5. The minimum atomic E-state index is -0.688. The molecule has 3 aromatic carbocycles.